The fourth-order valence-corrected chi connectivity index (χ4v) is 1.67. The van der Waals surface area contributed by atoms with E-state index in [0.29, 0.717) is 18.8 Å². The highest BCUT2D eigenvalue weighted by molar-refractivity contribution is 5.26. The molecule has 0 saturated heterocycles. The van der Waals surface area contributed by atoms with Crippen molar-refractivity contribution in [2.45, 2.75) is 26.6 Å². The van der Waals surface area contributed by atoms with Crippen molar-refractivity contribution in [1.82, 2.24) is 20.1 Å². The highest BCUT2D eigenvalue weighted by Gasteiger charge is 2.01. The quantitative estimate of drug-likeness (QED) is 0.815. The maximum atomic E-state index is 9.32. The molecule has 0 unspecified atom stereocenters. The number of aromatic nitrogens is 3. The van der Waals surface area contributed by atoms with E-state index >= 15 is 0 Å². The molecule has 2 rings (SSSR count). The number of hydrogen-bond donors (Lipinski definition) is 2. The average molecular weight is 232 g/mol. The van der Waals surface area contributed by atoms with Gasteiger partial charge in [-0.05, 0) is 24.6 Å². The van der Waals surface area contributed by atoms with Crippen LogP contribution in [-0.2, 0) is 19.6 Å². The highest BCUT2D eigenvalue weighted by Crippen LogP contribution is 2.10. The van der Waals surface area contributed by atoms with Crippen LogP contribution < -0.4 is 5.32 Å². The Balaban J connectivity index is 1.87. The highest BCUT2D eigenvalue weighted by atomic mass is 16.3. The third-order valence-electron chi connectivity index (χ3n) is 2.56. The molecule has 90 valence electrons. The third kappa shape index (κ3) is 3.04. The number of nitrogens with one attached hydrogen (secondary N) is 1. The first-order valence-electron chi connectivity index (χ1n) is 5.65. The minimum absolute atomic E-state index is 0.293. The molecule has 0 bridgehead atoms. The van der Waals surface area contributed by atoms with Crippen LogP contribution in [-0.4, -0.2) is 19.9 Å². The third-order valence-corrected chi connectivity index (χ3v) is 2.56. The van der Waals surface area contributed by atoms with E-state index in [1.165, 1.54) is 0 Å². The van der Waals surface area contributed by atoms with Gasteiger partial charge in [-0.25, -0.2) is 0 Å². The van der Waals surface area contributed by atoms with Gasteiger partial charge in [0.1, 0.15) is 17.9 Å². The van der Waals surface area contributed by atoms with Crippen molar-refractivity contribution in [3.63, 3.8) is 0 Å². The van der Waals surface area contributed by atoms with Crippen LogP contribution in [0, 0.1) is 0 Å². The van der Waals surface area contributed by atoms with Gasteiger partial charge in [0.05, 0.1) is 6.54 Å². The second-order valence-electron chi connectivity index (χ2n) is 3.81. The van der Waals surface area contributed by atoms with E-state index in [0.717, 1.165) is 17.9 Å². The number of nitrogens with zero attached hydrogens (tertiary/aromatic N) is 3. The molecule has 0 aliphatic heterocycles. The molecule has 0 aliphatic carbocycles. The Labute approximate surface area is 100 Å². The first-order valence-corrected chi connectivity index (χ1v) is 5.65. The number of hydrogen-bond acceptors (Lipinski definition) is 4. The van der Waals surface area contributed by atoms with Gasteiger partial charge in [0.15, 0.2) is 0 Å². The monoisotopic (exact) mass is 232 g/mol. The molecule has 5 heteroatoms. The van der Waals surface area contributed by atoms with Gasteiger partial charge in [-0.3, -0.25) is 0 Å². The number of aromatic hydroxyl groups is 1. The van der Waals surface area contributed by atoms with Gasteiger partial charge in [-0.15, -0.1) is 10.2 Å². The van der Waals surface area contributed by atoms with Crippen molar-refractivity contribution < 1.29 is 5.11 Å². The van der Waals surface area contributed by atoms with Gasteiger partial charge < -0.3 is 15.0 Å². The van der Waals surface area contributed by atoms with E-state index in [-0.39, 0.29) is 0 Å². The van der Waals surface area contributed by atoms with E-state index < -0.39 is 0 Å². The predicted molar refractivity (Wildman–Crippen MR) is 64.3 cm³/mol. The van der Waals surface area contributed by atoms with E-state index in [1.807, 2.05) is 16.7 Å². The first-order chi connectivity index (χ1) is 8.29. The molecule has 0 fully saturated rings. The van der Waals surface area contributed by atoms with Crippen LogP contribution in [0.5, 0.6) is 5.75 Å². The lowest BCUT2D eigenvalue weighted by Crippen LogP contribution is -2.16. The molecule has 0 amide bonds. The number of benzene rings is 1. The van der Waals surface area contributed by atoms with Crippen LogP contribution in [0.2, 0.25) is 0 Å². The van der Waals surface area contributed by atoms with Crippen molar-refractivity contribution in [1.29, 1.82) is 0 Å². The summed E-state index contributed by atoms with van der Waals surface area (Å²) < 4.78 is 2.00. The molecule has 1 aromatic carbocycles. The van der Waals surface area contributed by atoms with Crippen molar-refractivity contribution in [3.05, 3.63) is 42.0 Å². The number of phenols is 1. The zero-order valence-electron chi connectivity index (χ0n) is 9.80. The summed E-state index contributed by atoms with van der Waals surface area (Å²) in [5.41, 5.74) is 1.05. The van der Waals surface area contributed by atoms with Crippen molar-refractivity contribution >= 4 is 0 Å². The van der Waals surface area contributed by atoms with Crippen molar-refractivity contribution in [3.8, 4) is 5.75 Å². The molecule has 1 aromatic heterocycles. The van der Waals surface area contributed by atoms with Crippen molar-refractivity contribution in [2.75, 3.05) is 0 Å². The van der Waals surface area contributed by atoms with Gasteiger partial charge >= 0.3 is 0 Å². The first kappa shape index (κ1) is 11.6. The maximum absolute atomic E-state index is 9.32. The van der Waals surface area contributed by atoms with Gasteiger partial charge in [0.2, 0.25) is 0 Å². The average Bonchev–Trinajstić information content (AvgIpc) is 2.77. The minimum atomic E-state index is 0.293. The molecule has 0 spiro atoms. The van der Waals surface area contributed by atoms with E-state index in [2.05, 4.69) is 22.4 Å². The topological polar surface area (TPSA) is 63.0 Å². The van der Waals surface area contributed by atoms with Crippen LogP contribution in [0.15, 0.2) is 30.6 Å². The summed E-state index contributed by atoms with van der Waals surface area (Å²) in [5.74, 6) is 1.22. The Morgan fingerprint density at radius 1 is 1.35 bits per heavy atom. The molecule has 0 saturated carbocycles. The zero-order chi connectivity index (χ0) is 12.1. The second kappa shape index (κ2) is 5.45. The van der Waals surface area contributed by atoms with Crippen LogP contribution in [0.1, 0.15) is 18.3 Å². The summed E-state index contributed by atoms with van der Waals surface area (Å²) in [6, 6.07) is 7.22. The van der Waals surface area contributed by atoms with Crippen LogP contribution in [0.4, 0.5) is 0 Å². The Morgan fingerprint density at radius 3 is 3.00 bits per heavy atom. The molecule has 0 radical (unpaired) electrons. The molecule has 0 aliphatic rings. The van der Waals surface area contributed by atoms with E-state index in [4.69, 9.17) is 0 Å². The normalized spacial score (nSPS) is 10.6. The van der Waals surface area contributed by atoms with Crippen LogP contribution in [0.3, 0.4) is 0 Å². The van der Waals surface area contributed by atoms with Crippen LogP contribution >= 0.6 is 0 Å². The minimum Gasteiger partial charge on any atom is -0.508 e. The number of aryl methyl sites for hydroxylation is 1. The summed E-state index contributed by atoms with van der Waals surface area (Å²) in [5, 5.41) is 20.5. The molecular weight excluding hydrogens is 216 g/mol. The molecule has 2 N–H and O–H groups in total. The number of phenolic OH excluding ortho intramolecular Hbond substituents is 1. The largest absolute Gasteiger partial charge is 0.508 e. The maximum Gasteiger partial charge on any atom is 0.146 e. The summed E-state index contributed by atoms with van der Waals surface area (Å²) in [6.07, 6.45) is 1.73. The lowest BCUT2D eigenvalue weighted by atomic mass is 10.2. The van der Waals surface area contributed by atoms with Gasteiger partial charge in [-0.1, -0.05) is 12.1 Å². The fourth-order valence-electron chi connectivity index (χ4n) is 1.67. The second-order valence-corrected chi connectivity index (χ2v) is 3.81. The molecule has 5 nitrogen and oxygen atoms in total. The Hall–Kier alpha value is -1.88. The summed E-state index contributed by atoms with van der Waals surface area (Å²) >= 11 is 0. The lowest BCUT2D eigenvalue weighted by Gasteiger charge is -2.06. The summed E-state index contributed by atoms with van der Waals surface area (Å²) in [4.78, 5) is 0. The summed E-state index contributed by atoms with van der Waals surface area (Å²) in [7, 11) is 0. The fraction of sp³-hybridized carbons (Fsp3) is 0.333. The SMILES string of the molecule is CCn1cnnc1CNCc1cccc(O)c1. The molecule has 0 atom stereocenters. The standard InChI is InChI=1S/C12H16N4O/c1-2-16-9-14-15-12(16)8-13-7-10-4-3-5-11(17)6-10/h3-6,9,13,17H,2,7-8H2,1H3. The molecule has 1 heterocycles. The van der Waals surface area contributed by atoms with Gasteiger partial charge in [-0.2, -0.15) is 0 Å². The Morgan fingerprint density at radius 2 is 2.24 bits per heavy atom. The Bertz CT molecular complexity index is 481. The molecular formula is C12H16N4O. The number of rotatable bonds is 5. The zero-order valence-corrected chi connectivity index (χ0v) is 9.80. The van der Waals surface area contributed by atoms with Gasteiger partial charge in [0.25, 0.3) is 0 Å². The van der Waals surface area contributed by atoms with E-state index in [1.54, 1.807) is 18.5 Å². The van der Waals surface area contributed by atoms with Crippen molar-refractivity contribution in [2.24, 2.45) is 0 Å². The smallest absolute Gasteiger partial charge is 0.146 e. The predicted octanol–water partition coefficient (Wildman–Crippen LogP) is 1.29. The Kier molecular flexibility index (Phi) is 3.72. The molecule has 2 aromatic rings. The molecule has 17 heavy (non-hydrogen) atoms. The van der Waals surface area contributed by atoms with E-state index in [9.17, 15) is 5.11 Å². The van der Waals surface area contributed by atoms with Crippen LogP contribution in [0.25, 0.3) is 0 Å². The summed E-state index contributed by atoms with van der Waals surface area (Å²) in [6.45, 7) is 4.30. The van der Waals surface area contributed by atoms with Gasteiger partial charge in [0, 0.05) is 13.1 Å². The lowest BCUT2D eigenvalue weighted by molar-refractivity contribution is 0.474.